The summed E-state index contributed by atoms with van der Waals surface area (Å²) in [6.45, 7) is 2.45. The molecule has 0 aromatic rings. The van der Waals surface area contributed by atoms with Gasteiger partial charge in [-0.3, -0.25) is 0 Å². The first-order valence-electron chi connectivity index (χ1n) is 4.91. The van der Waals surface area contributed by atoms with Gasteiger partial charge >= 0.3 is 0 Å². The van der Waals surface area contributed by atoms with E-state index in [2.05, 4.69) is 4.89 Å². The van der Waals surface area contributed by atoms with Crippen molar-refractivity contribution in [3.05, 3.63) is 12.2 Å². The molecule has 0 saturated heterocycles. The molecule has 0 aromatic heterocycles. The highest BCUT2D eigenvalue weighted by atomic mass is 17.1. The van der Waals surface area contributed by atoms with E-state index in [-0.39, 0.29) is 0 Å². The molecule has 13 heavy (non-hydrogen) atoms. The SMILES string of the molecule is C/C=C/COC1(OO)CCCCC1. The minimum atomic E-state index is -0.724. The lowest BCUT2D eigenvalue weighted by atomic mass is 9.94. The van der Waals surface area contributed by atoms with Crippen LogP contribution in [0.1, 0.15) is 39.0 Å². The Bertz CT molecular complexity index is 160. The van der Waals surface area contributed by atoms with Crippen molar-refractivity contribution in [2.75, 3.05) is 6.61 Å². The molecule has 0 aliphatic heterocycles. The normalized spacial score (nSPS) is 22.3. The van der Waals surface area contributed by atoms with Crippen LogP contribution in [0.15, 0.2) is 12.2 Å². The fourth-order valence-corrected chi connectivity index (χ4v) is 1.65. The van der Waals surface area contributed by atoms with Crippen molar-refractivity contribution in [1.82, 2.24) is 0 Å². The van der Waals surface area contributed by atoms with Crippen molar-refractivity contribution in [2.45, 2.75) is 44.8 Å². The van der Waals surface area contributed by atoms with Crippen LogP contribution in [0, 0.1) is 0 Å². The molecule has 0 spiro atoms. The van der Waals surface area contributed by atoms with Gasteiger partial charge in [-0.25, -0.2) is 10.1 Å². The summed E-state index contributed by atoms with van der Waals surface area (Å²) in [7, 11) is 0. The van der Waals surface area contributed by atoms with Gasteiger partial charge in [-0.05, 0) is 19.8 Å². The van der Waals surface area contributed by atoms with E-state index in [1.807, 2.05) is 19.1 Å². The minimum absolute atomic E-state index is 0.511. The van der Waals surface area contributed by atoms with Crippen molar-refractivity contribution in [3.8, 4) is 0 Å². The third-order valence-electron chi connectivity index (χ3n) is 2.46. The molecule has 76 valence electrons. The van der Waals surface area contributed by atoms with Gasteiger partial charge in [-0.15, -0.1) is 0 Å². The van der Waals surface area contributed by atoms with Crippen LogP contribution in [-0.4, -0.2) is 17.7 Å². The maximum Gasteiger partial charge on any atom is 0.201 e. The van der Waals surface area contributed by atoms with Crippen molar-refractivity contribution in [3.63, 3.8) is 0 Å². The molecule has 0 bridgehead atoms. The van der Waals surface area contributed by atoms with Crippen LogP contribution in [0.4, 0.5) is 0 Å². The maximum absolute atomic E-state index is 8.79. The van der Waals surface area contributed by atoms with Gasteiger partial charge in [0, 0.05) is 12.8 Å². The van der Waals surface area contributed by atoms with Crippen LogP contribution in [0.5, 0.6) is 0 Å². The van der Waals surface area contributed by atoms with E-state index in [9.17, 15) is 0 Å². The molecule has 0 radical (unpaired) electrons. The summed E-state index contributed by atoms with van der Waals surface area (Å²) in [6.07, 6.45) is 8.76. The predicted molar refractivity (Wildman–Crippen MR) is 50.3 cm³/mol. The summed E-state index contributed by atoms with van der Waals surface area (Å²) in [5.74, 6) is -0.724. The summed E-state index contributed by atoms with van der Waals surface area (Å²) in [6, 6.07) is 0. The van der Waals surface area contributed by atoms with E-state index >= 15 is 0 Å². The number of rotatable bonds is 4. The molecule has 0 heterocycles. The first-order chi connectivity index (χ1) is 6.33. The molecule has 1 aliphatic carbocycles. The maximum atomic E-state index is 8.79. The van der Waals surface area contributed by atoms with Crippen molar-refractivity contribution in [1.29, 1.82) is 0 Å². The first kappa shape index (κ1) is 10.7. The van der Waals surface area contributed by atoms with Crippen LogP contribution < -0.4 is 0 Å². The van der Waals surface area contributed by atoms with E-state index in [1.165, 1.54) is 6.42 Å². The monoisotopic (exact) mass is 186 g/mol. The van der Waals surface area contributed by atoms with Gasteiger partial charge in [-0.2, -0.15) is 0 Å². The van der Waals surface area contributed by atoms with E-state index < -0.39 is 5.79 Å². The molecule has 0 unspecified atom stereocenters. The summed E-state index contributed by atoms with van der Waals surface area (Å²) in [5, 5.41) is 8.79. The van der Waals surface area contributed by atoms with Gasteiger partial charge in [0.15, 0.2) is 0 Å². The van der Waals surface area contributed by atoms with Gasteiger partial charge in [0.25, 0.3) is 0 Å². The van der Waals surface area contributed by atoms with Gasteiger partial charge in [0.2, 0.25) is 5.79 Å². The molecular weight excluding hydrogens is 168 g/mol. The Morgan fingerprint density at radius 2 is 2.00 bits per heavy atom. The zero-order chi connectivity index (χ0) is 9.57. The third kappa shape index (κ3) is 3.10. The van der Waals surface area contributed by atoms with E-state index in [4.69, 9.17) is 9.99 Å². The van der Waals surface area contributed by atoms with Crippen LogP contribution in [0.3, 0.4) is 0 Å². The van der Waals surface area contributed by atoms with E-state index in [0.29, 0.717) is 6.61 Å². The summed E-state index contributed by atoms with van der Waals surface area (Å²) < 4.78 is 5.50. The van der Waals surface area contributed by atoms with Crippen LogP contribution >= 0.6 is 0 Å². The molecule has 1 fully saturated rings. The lowest BCUT2D eigenvalue weighted by Crippen LogP contribution is -2.37. The third-order valence-corrected chi connectivity index (χ3v) is 2.46. The average molecular weight is 186 g/mol. The Kier molecular flexibility index (Phi) is 4.42. The second kappa shape index (κ2) is 5.37. The van der Waals surface area contributed by atoms with Crippen molar-refractivity contribution >= 4 is 0 Å². The topological polar surface area (TPSA) is 38.7 Å². The second-order valence-corrected chi connectivity index (χ2v) is 3.44. The summed E-state index contributed by atoms with van der Waals surface area (Å²) in [5.41, 5.74) is 0. The van der Waals surface area contributed by atoms with Gasteiger partial charge in [-0.1, -0.05) is 18.6 Å². The molecule has 1 aliphatic rings. The molecule has 3 nitrogen and oxygen atoms in total. The molecule has 0 atom stereocenters. The lowest BCUT2D eigenvalue weighted by Gasteiger charge is -2.33. The Labute approximate surface area is 79.3 Å². The molecule has 0 aromatic carbocycles. The van der Waals surface area contributed by atoms with E-state index in [0.717, 1.165) is 25.7 Å². The van der Waals surface area contributed by atoms with Crippen LogP contribution in [-0.2, 0) is 9.62 Å². The number of ether oxygens (including phenoxy) is 1. The van der Waals surface area contributed by atoms with Crippen LogP contribution in [0.2, 0.25) is 0 Å². The van der Waals surface area contributed by atoms with Gasteiger partial charge in [0.1, 0.15) is 0 Å². The van der Waals surface area contributed by atoms with Crippen molar-refractivity contribution < 1.29 is 14.9 Å². The highest BCUT2D eigenvalue weighted by Gasteiger charge is 2.34. The fourth-order valence-electron chi connectivity index (χ4n) is 1.65. The van der Waals surface area contributed by atoms with Gasteiger partial charge in [0.05, 0.1) is 6.61 Å². The molecule has 3 heteroatoms. The Morgan fingerprint density at radius 1 is 1.31 bits per heavy atom. The number of hydrogen-bond donors (Lipinski definition) is 1. The smallest absolute Gasteiger partial charge is 0.201 e. The molecular formula is C10H18O3. The Balaban J connectivity index is 2.38. The Hall–Kier alpha value is -0.380. The average Bonchev–Trinajstić information content (AvgIpc) is 2.20. The molecule has 1 N–H and O–H groups in total. The van der Waals surface area contributed by atoms with E-state index in [1.54, 1.807) is 0 Å². The van der Waals surface area contributed by atoms with Crippen LogP contribution in [0.25, 0.3) is 0 Å². The Morgan fingerprint density at radius 3 is 2.54 bits per heavy atom. The lowest BCUT2D eigenvalue weighted by molar-refractivity contribution is -0.409. The first-order valence-corrected chi connectivity index (χ1v) is 4.91. The quantitative estimate of drug-likeness (QED) is 0.317. The number of hydrogen-bond acceptors (Lipinski definition) is 3. The standard InChI is InChI=1S/C10H18O3/c1-2-3-9-12-10(13-11)7-5-4-6-8-10/h2-3,11H,4-9H2,1H3/b3-2+. The summed E-state index contributed by atoms with van der Waals surface area (Å²) in [4.78, 5) is 4.47. The summed E-state index contributed by atoms with van der Waals surface area (Å²) >= 11 is 0. The zero-order valence-electron chi connectivity index (χ0n) is 8.16. The second-order valence-electron chi connectivity index (χ2n) is 3.44. The largest absolute Gasteiger partial charge is 0.343 e. The molecule has 1 rings (SSSR count). The molecule has 1 saturated carbocycles. The zero-order valence-corrected chi connectivity index (χ0v) is 8.16. The highest BCUT2D eigenvalue weighted by Crippen LogP contribution is 2.31. The molecule has 0 amide bonds. The van der Waals surface area contributed by atoms with Gasteiger partial charge < -0.3 is 4.74 Å². The number of allylic oxidation sites excluding steroid dienone is 1. The highest BCUT2D eigenvalue weighted by molar-refractivity contribution is 4.80. The fraction of sp³-hybridized carbons (Fsp3) is 0.800. The minimum Gasteiger partial charge on any atom is -0.343 e. The predicted octanol–water partition coefficient (Wildman–Crippen LogP) is 2.73. The van der Waals surface area contributed by atoms with Crippen molar-refractivity contribution in [2.24, 2.45) is 0 Å².